The predicted octanol–water partition coefficient (Wildman–Crippen LogP) is 4.04. The molecule has 2 aliphatic rings. The molecule has 1 fully saturated rings. The van der Waals surface area contributed by atoms with E-state index in [0.29, 0.717) is 12.8 Å². The molecule has 20 heavy (non-hydrogen) atoms. The molecule has 110 valence electrons. The average molecular weight is 275 g/mol. The molecule has 1 atom stereocenters. The lowest BCUT2D eigenvalue weighted by atomic mass is 9.99. The number of nitrogens with one attached hydrogen (secondary N) is 1. The molecule has 3 rings (SSSR count). The second-order valence-electron chi connectivity index (χ2n) is 6.10. The molecule has 1 aliphatic carbocycles. The Balaban J connectivity index is 1.54. The highest BCUT2D eigenvalue weighted by molar-refractivity contribution is 5.45. The third-order valence-corrected chi connectivity index (χ3v) is 4.58. The van der Waals surface area contributed by atoms with Gasteiger partial charge in [-0.2, -0.15) is 0 Å². The average Bonchev–Trinajstić information content (AvgIpc) is 2.78. The third kappa shape index (κ3) is 3.26. The Bertz CT molecular complexity index is 439. The molecule has 1 heterocycles. The van der Waals surface area contributed by atoms with Crippen molar-refractivity contribution >= 4 is 0 Å². The molecule has 1 aliphatic heterocycles. The van der Waals surface area contributed by atoms with Crippen LogP contribution in [0, 0.1) is 5.92 Å². The Kier molecular flexibility index (Phi) is 4.46. The van der Waals surface area contributed by atoms with Crippen molar-refractivity contribution in [1.82, 2.24) is 5.32 Å². The van der Waals surface area contributed by atoms with Crippen molar-refractivity contribution in [3.05, 3.63) is 23.8 Å². The van der Waals surface area contributed by atoms with E-state index in [1.807, 2.05) is 6.07 Å². The topological polar surface area (TPSA) is 30.5 Å². The number of rotatable bonds is 4. The number of hydrogen-bond acceptors (Lipinski definition) is 3. The summed E-state index contributed by atoms with van der Waals surface area (Å²) in [5, 5.41) is 3.69. The largest absolute Gasteiger partial charge is 0.454 e. The minimum Gasteiger partial charge on any atom is -0.454 e. The van der Waals surface area contributed by atoms with Gasteiger partial charge in [-0.15, -0.1) is 0 Å². The number of fused-ring (bicyclic) bond motifs is 1. The van der Waals surface area contributed by atoms with Crippen molar-refractivity contribution < 1.29 is 9.47 Å². The van der Waals surface area contributed by atoms with Crippen LogP contribution in [0.15, 0.2) is 18.2 Å². The zero-order chi connectivity index (χ0) is 13.8. The number of ether oxygens (including phenoxy) is 2. The van der Waals surface area contributed by atoms with Gasteiger partial charge in [0.1, 0.15) is 0 Å². The second-order valence-corrected chi connectivity index (χ2v) is 6.10. The summed E-state index contributed by atoms with van der Waals surface area (Å²) < 4.78 is 10.8. The molecule has 0 spiro atoms. The van der Waals surface area contributed by atoms with E-state index in [9.17, 15) is 0 Å². The normalized spacial score (nSPS) is 20.6. The summed E-state index contributed by atoms with van der Waals surface area (Å²) in [5.74, 6) is 2.60. The highest BCUT2D eigenvalue weighted by atomic mass is 16.7. The summed E-state index contributed by atoms with van der Waals surface area (Å²) >= 11 is 0. The second kappa shape index (κ2) is 6.49. The maximum Gasteiger partial charge on any atom is 0.231 e. The van der Waals surface area contributed by atoms with Crippen molar-refractivity contribution in [2.75, 3.05) is 13.3 Å². The molecule has 1 aromatic carbocycles. The van der Waals surface area contributed by atoms with Crippen LogP contribution < -0.4 is 14.8 Å². The molecule has 1 N–H and O–H groups in total. The molecule has 0 radical (unpaired) electrons. The van der Waals surface area contributed by atoms with Gasteiger partial charge in [-0.05, 0) is 49.9 Å². The van der Waals surface area contributed by atoms with Gasteiger partial charge in [0.25, 0.3) is 0 Å². The van der Waals surface area contributed by atoms with Crippen LogP contribution in [-0.4, -0.2) is 13.3 Å². The van der Waals surface area contributed by atoms with Crippen molar-refractivity contribution in [2.45, 2.75) is 51.5 Å². The van der Waals surface area contributed by atoms with Gasteiger partial charge in [0.2, 0.25) is 6.79 Å². The Morgan fingerprint density at radius 2 is 1.85 bits per heavy atom. The lowest BCUT2D eigenvalue weighted by Crippen LogP contribution is -2.25. The summed E-state index contributed by atoms with van der Waals surface area (Å²) in [6.07, 6.45) is 8.44. The number of hydrogen-bond donors (Lipinski definition) is 1. The number of benzene rings is 1. The molecule has 1 aromatic rings. The fraction of sp³-hybridized carbons (Fsp3) is 0.647. The Morgan fingerprint density at radius 1 is 1.10 bits per heavy atom. The molecule has 0 saturated heterocycles. The van der Waals surface area contributed by atoms with Gasteiger partial charge in [0, 0.05) is 6.04 Å². The van der Waals surface area contributed by atoms with E-state index >= 15 is 0 Å². The fourth-order valence-corrected chi connectivity index (χ4v) is 3.21. The Hall–Kier alpha value is -1.22. The molecule has 1 unspecified atom stereocenters. The first kappa shape index (κ1) is 13.7. The fourth-order valence-electron chi connectivity index (χ4n) is 3.21. The molecule has 1 saturated carbocycles. The van der Waals surface area contributed by atoms with E-state index in [2.05, 4.69) is 24.4 Å². The van der Waals surface area contributed by atoms with Crippen LogP contribution in [0.1, 0.15) is 57.1 Å². The van der Waals surface area contributed by atoms with Gasteiger partial charge in [-0.25, -0.2) is 0 Å². The van der Waals surface area contributed by atoms with Gasteiger partial charge >= 0.3 is 0 Å². The molecule has 3 nitrogen and oxygen atoms in total. The van der Waals surface area contributed by atoms with Crippen molar-refractivity contribution in [3.63, 3.8) is 0 Å². The van der Waals surface area contributed by atoms with Crippen LogP contribution in [0.5, 0.6) is 11.5 Å². The van der Waals surface area contributed by atoms with Gasteiger partial charge in [-0.1, -0.05) is 31.7 Å². The smallest absolute Gasteiger partial charge is 0.231 e. The summed E-state index contributed by atoms with van der Waals surface area (Å²) in [7, 11) is 0. The van der Waals surface area contributed by atoms with E-state index in [0.717, 1.165) is 24.0 Å². The summed E-state index contributed by atoms with van der Waals surface area (Å²) in [6.45, 7) is 3.71. The van der Waals surface area contributed by atoms with Crippen LogP contribution in [0.3, 0.4) is 0 Å². The standard InChI is InChI=1S/C17H25NO2/c1-13(18-11-14-6-4-2-3-5-7-14)15-8-9-16-17(10-15)20-12-19-16/h8-10,13-14,18H,2-7,11-12H2,1H3. The highest BCUT2D eigenvalue weighted by Gasteiger charge is 2.17. The van der Waals surface area contributed by atoms with Gasteiger partial charge in [0.15, 0.2) is 11.5 Å². The molecular formula is C17H25NO2. The van der Waals surface area contributed by atoms with E-state index in [-0.39, 0.29) is 0 Å². The maximum absolute atomic E-state index is 5.45. The summed E-state index contributed by atoms with van der Waals surface area (Å²) in [5.41, 5.74) is 1.28. The van der Waals surface area contributed by atoms with Crippen molar-refractivity contribution in [2.24, 2.45) is 5.92 Å². The highest BCUT2D eigenvalue weighted by Crippen LogP contribution is 2.34. The summed E-state index contributed by atoms with van der Waals surface area (Å²) in [6, 6.07) is 6.63. The predicted molar refractivity (Wildman–Crippen MR) is 80.2 cm³/mol. The molecule has 0 aromatic heterocycles. The first-order chi connectivity index (χ1) is 9.83. The lowest BCUT2D eigenvalue weighted by Gasteiger charge is -2.20. The summed E-state index contributed by atoms with van der Waals surface area (Å²) in [4.78, 5) is 0. The minimum absolute atomic E-state index is 0.350. The van der Waals surface area contributed by atoms with Crippen LogP contribution >= 0.6 is 0 Å². The lowest BCUT2D eigenvalue weighted by molar-refractivity contribution is 0.174. The first-order valence-electron chi connectivity index (χ1n) is 7.96. The quantitative estimate of drug-likeness (QED) is 0.841. The maximum atomic E-state index is 5.45. The Labute approximate surface area is 121 Å². The Morgan fingerprint density at radius 3 is 2.65 bits per heavy atom. The molecule has 3 heteroatoms. The first-order valence-corrected chi connectivity index (χ1v) is 7.96. The SMILES string of the molecule is CC(NCC1CCCCCC1)c1ccc2c(c1)OCO2. The molecule has 0 bridgehead atoms. The van der Waals surface area contributed by atoms with E-state index < -0.39 is 0 Å². The zero-order valence-corrected chi connectivity index (χ0v) is 12.4. The van der Waals surface area contributed by atoms with Crippen molar-refractivity contribution in [1.29, 1.82) is 0 Å². The van der Waals surface area contributed by atoms with Crippen LogP contribution in [0.25, 0.3) is 0 Å². The van der Waals surface area contributed by atoms with Gasteiger partial charge in [0.05, 0.1) is 0 Å². The van der Waals surface area contributed by atoms with E-state index in [1.54, 1.807) is 0 Å². The third-order valence-electron chi connectivity index (χ3n) is 4.58. The van der Waals surface area contributed by atoms with E-state index in [1.165, 1.54) is 44.1 Å². The van der Waals surface area contributed by atoms with Crippen LogP contribution in [0.4, 0.5) is 0 Å². The molecular weight excluding hydrogens is 250 g/mol. The van der Waals surface area contributed by atoms with Gasteiger partial charge in [-0.3, -0.25) is 0 Å². The minimum atomic E-state index is 0.350. The van der Waals surface area contributed by atoms with Crippen LogP contribution in [-0.2, 0) is 0 Å². The van der Waals surface area contributed by atoms with Crippen molar-refractivity contribution in [3.8, 4) is 11.5 Å². The van der Waals surface area contributed by atoms with Gasteiger partial charge < -0.3 is 14.8 Å². The van der Waals surface area contributed by atoms with Crippen LogP contribution in [0.2, 0.25) is 0 Å². The molecule has 0 amide bonds. The van der Waals surface area contributed by atoms with E-state index in [4.69, 9.17) is 9.47 Å². The zero-order valence-electron chi connectivity index (χ0n) is 12.4. The monoisotopic (exact) mass is 275 g/mol.